The van der Waals surface area contributed by atoms with Gasteiger partial charge in [-0.2, -0.15) is 0 Å². The number of nitrogens with one attached hydrogen (secondary N) is 2. The molecule has 21 heavy (non-hydrogen) atoms. The van der Waals surface area contributed by atoms with E-state index in [1.165, 1.54) is 6.07 Å². The van der Waals surface area contributed by atoms with Crippen molar-refractivity contribution >= 4 is 33.2 Å². The summed E-state index contributed by atoms with van der Waals surface area (Å²) in [5, 5.41) is 3.58. The van der Waals surface area contributed by atoms with E-state index in [9.17, 15) is 8.42 Å². The van der Waals surface area contributed by atoms with Crippen LogP contribution in [0.5, 0.6) is 0 Å². The molecule has 1 aliphatic rings. The maximum absolute atomic E-state index is 12.5. The van der Waals surface area contributed by atoms with E-state index in [1.807, 2.05) is 0 Å². The number of rotatable bonds is 7. The highest BCUT2D eigenvalue weighted by atomic mass is 35.5. The fourth-order valence-corrected chi connectivity index (χ4v) is 4.35. The SMILES string of the molecule is CCC1(CNS(=O)(=O)c2ccc(Cl)c(CNC)c2Cl)CC1. The highest BCUT2D eigenvalue weighted by molar-refractivity contribution is 7.89. The third kappa shape index (κ3) is 3.71. The first kappa shape index (κ1) is 17.0. The fourth-order valence-electron chi connectivity index (χ4n) is 2.28. The van der Waals surface area contributed by atoms with Crippen LogP contribution >= 0.6 is 23.2 Å². The van der Waals surface area contributed by atoms with Gasteiger partial charge >= 0.3 is 0 Å². The van der Waals surface area contributed by atoms with Crippen molar-refractivity contribution in [3.05, 3.63) is 27.7 Å². The Morgan fingerprint density at radius 1 is 1.29 bits per heavy atom. The minimum atomic E-state index is -3.62. The highest BCUT2D eigenvalue weighted by Gasteiger charge is 2.41. The molecule has 0 amide bonds. The van der Waals surface area contributed by atoms with Crippen molar-refractivity contribution in [3.63, 3.8) is 0 Å². The Kier molecular flexibility index (Phi) is 5.21. The van der Waals surface area contributed by atoms with Crippen molar-refractivity contribution in [2.75, 3.05) is 13.6 Å². The van der Waals surface area contributed by atoms with Crippen LogP contribution in [0.2, 0.25) is 10.0 Å². The van der Waals surface area contributed by atoms with Crippen molar-refractivity contribution in [1.29, 1.82) is 0 Å². The van der Waals surface area contributed by atoms with Crippen LogP contribution in [0.15, 0.2) is 17.0 Å². The Balaban J connectivity index is 2.25. The highest BCUT2D eigenvalue weighted by Crippen LogP contribution is 2.48. The molecule has 2 rings (SSSR count). The van der Waals surface area contributed by atoms with Gasteiger partial charge in [0.15, 0.2) is 0 Å². The molecule has 0 saturated heterocycles. The third-order valence-corrected chi connectivity index (χ3v) is 6.48. The van der Waals surface area contributed by atoms with Crippen molar-refractivity contribution in [3.8, 4) is 0 Å². The third-order valence-electron chi connectivity index (χ3n) is 4.14. The predicted molar refractivity (Wildman–Crippen MR) is 86.4 cm³/mol. The van der Waals surface area contributed by atoms with Crippen LogP contribution in [0.1, 0.15) is 31.7 Å². The molecule has 7 heteroatoms. The quantitative estimate of drug-likeness (QED) is 0.793. The van der Waals surface area contributed by atoms with Gasteiger partial charge in [-0.05, 0) is 43.9 Å². The first-order chi connectivity index (χ1) is 9.85. The summed E-state index contributed by atoms with van der Waals surface area (Å²) in [7, 11) is -1.87. The number of benzene rings is 1. The molecule has 1 fully saturated rings. The minimum absolute atomic E-state index is 0.0886. The van der Waals surface area contributed by atoms with Gasteiger partial charge in [0.1, 0.15) is 4.90 Å². The standard InChI is InChI=1S/C14H20Cl2N2O2S/c1-3-14(6-7-14)9-18-21(19,20)12-5-4-11(15)10(8-17-2)13(12)16/h4-5,17-18H,3,6-9H2,1-2H3. The van der Waals surface area contributed by atoms with Gasteiger partial charge in [0.25, 0.3) is 0 Å². The van der Waals surface area contributed by atoms with Gasteiger partial charge in [0.05, 0.1) is 5.02 Å². The van der Waals surface area contributed by atoms with E-state index >= 15 is 0 Å². The minimum Gasteiger partial charge on any atom is -0.316 e. The molecule has 0 bridgehead atoms. The van der Waals surface area contributed by atoms with Crippen LogP contribution in [0, 0.1) is 5.41 Å². The molecule has 1 aromatic rings. The van der Waals surface area contributed by atoms with E-state index in [1.54, 1.807) is 13.1 Å². The summed E-state index contributed by atoms with van der Waals surface area (Å²) in [6.45, 7) is 2.97. The zero-order chi connectivity index (χ0) is 15.7. The van der Waals surface area contributed by atoms with Crippen LogP contribution in [0.25, 0.3) is 0 Å². The average Bonchev–Trinajstić information content (AvgIpc) is 3.22. The topological polar surface area (TPSA) is 58.2 Å². The first-order valence-electron chi connectivity index (χ1n) is 6.96. The molecule has 0 spiro atoms. The summed E-state index contributed by atoms with van der Waals surface area (Å²) in [4.78, 5) is 0.0886. The smallest absolute Gasteiger partial charge is 0.242 e. The van der Waals surface area contributed by atoms with Gasteiger partial charge in [-0.15, -0.1) is 0 Å². The lowest BCUT2D eigenvalue weighted by atomic mass is 10.1. The lowest BCUT2D eigenvalue weighted by Gasteiger charge is -2.16. The Morgan fingerprint density at radius 3 is 2.48 bits per heavy atom. The summed E-state index contributed by atoms with van der Waals surface area (Å²) >= 11 is 12.3. The van der Waals surface area contributed by atoms with Gasteiger partial charge in [0, 0.05) is 23.7 Å². The van der Waals surface area contributed by atoms with Gasteiger partial charge < -0.3 is 5.32 Å². The largest absolute Gasteiger partial charge is 0.316 e. The predicted octanol–water partition coefficient (Wildman–Crippen LogP) is 3.18. The van der Waals surface area contributed by atoms with Crippen LogP contribution in [0.4, 0.5) is 0 Å². The lowest BCUT2D eigenvalue weighted by molar-refractivity contribution is 0.475. The molecule has 0 unspecified atom stereocenters. The maximum Gasteiger partial charge on any atom is 0.242 e. The zero-order valence-corrected chi connectivity index (χ0v) is 14.5. The maximum atomic E-state index is 12.5. The van der Waals surface area contributed by atoms with E-state index < -0.39 is 10.0 Å². The second kappa shape index (κ2) is 6.42. The molecule has 4 nitrogen and oxygen atoms in total. The van der Waals surface area contributed by atoms with E-state index in [0.717, 1.165) is 19.3 Å². The van der Waals surface area contributed by atoms with Gasteiger partial charge in [-0.1, -0.05) is 30.1 Å². The van der Waals surface area contributed by atoms with E-state index in [-0.39, 0.29) is 15.3 Å². The van der Waals surface area contributed by atoms with E-state index in [4.69, 9.17) is 23.2 Å². The van der Waals surface area contributed by atoms with Crippen molar-refractivity contribution in [2.24, 2.45) is 5.41 Å². The number of hydrogen-bond acceptors (Lipinski definition) is 3. The number of halogens is 2. The summed E-state index contributed by atoms with van der Waals surface area (Å²) in [6.07, 6.45) is 3.13. The van der Waals surface area contributed by atoms with Gasteiger partial charge in [0.2, 0.25) is 10.0 Å². The average molecular weight is 351 g/mol. The molecule has 0 aromatic heterocycles. The zero-order valence-electron chi connectivity index (χ0n) is 12.2. The molecule has 1 saturated carbocycles. The number of hydrogen-bond donors (Lipinski definition) is 2. The van der Waals surface area contributed by atoms with Crippen LogP contribution in [-0.4, -0.2) is 22.0 Å². The molecular weight excluding hydrogens is 331 g/mol. The Hall–Kier alpha value is -0.330. The molecule has 0 radical (unpaired) electrons. The monoisotopic (exact) mass is 350 g/mol. The van der Waals surface area contributed by atoms with Crippen LogP contribution in [-0.2, 0) is 16.6 Å². The lowest BCUT2D eigenvalue weighted by Crippen LogP contribution is -2.30. The molecule has 0 aliphatic heterocycles. The molecule has 1 aliphatic carbocycles. The van der Waals surface area contributed by atoms with Crippen molar-refractivity contribution in [2.45, 2.75) is 37.6 Å². The van der Waals surface area contributed by atoms with Crippen LogP contribution < -0.4 is 10.0 Å². The van der Waals surface area contributed by atoms with Crippen molar-refractivity contribution < 1.29 is 8.42 Å². The molecular formula is C14H20Cl2N2O2S. The normalized spacial score (nSPS) is 17.0. The number of sulfonamides is 1. The Bertz CT molecular complexity index is 628. The second-order valence-corrected chi connectivity index (χ2v) is 8.07. The van der Waals surface area contributed by atoms with Gasteiger partial charge in [-0.25, -0.2) is 13.1 Å². The van der Waals surface area contributed by atoms with Crippen molar-refractivity contribution in [1.82, 2.24) is 10.0 Å². The first-order valence-corrected chi connectivity index (χ1v) is 9.20. The summed E-state index contributed by atoms with van der Waals surface area (Å²) < 4.78 is 27.6. The summed E-state index contributed by atoms with van der Waals surface area (Å²) in [5.41, 5.74) is 0.736. The van der Waals surface area contributed by atoms with Gasteiger partial charge in [-0.3, -0.25) is 0 Å². The molecule has 0 heterocycles. The summed E-state index contributed by atoms with van der Waals surface area (Å²) in [5.74, 6) is 0. The molecule has 2 N–H and O–H groups in total. The Morgan fingerprint density at radius 2 is 1.95 bits per heavy atom. The second-order valence-electron chi connectivity index (χ2n) is 5.55. The summed E-state index contributed by atoms with van der Waals surface area (Å²) in [6, 6.07) is 3.03. The molecule has 0 atom stereocenters. The van der Waals surface area contributed by atoms with E-state index in [0.29, 0.717) is 23.7 Å². The molecule has 118 valence electrons. The van der Waals surface area contributed by atoms with E-state index in [2.05, 4.69) is 17.0 Å². The fraction of sp³-hybridized carbons (Fsp3) is 0.571. The Labute approximate surface area is 136 Å². The van der Waals surface area contributed by atoms with Crippen LogP contribution in [0.3, 0.4) is 0 Å². The molecule has 1 aromatic carbocycles.